The number of aliphatic imine (C=N–C) groups is 1. The fourth-order valence-electron chi connectivity index (χ4n) is 3.22. The van der Waals surface area contributed by atoms with Gasteiger partial charge < -0.3 is 14.5 Å². The molecule has 0 spiro atoms. The Morgan fingerprint density at radius 1 is 1.27 bits per heavy atom. The van der Waals surface area contributed by atoms with Gasteiger partial charge in [-0.15, -0.1) is 0 Å². The van der Waals surface area contributed by atoms with Gasteiger partial charge in [0.05, 0.1) is 41.2 Å². The summed E-state index contributed by atoms with van der Waals surface area (Å²) in [4.78, 5) is 29.4. The molecule has 0 bridgehead atoms. The van der Waals surface area contributed by atoms with E-state index >= 15 is 0 Å². The monoisotopic (exact) mass is 423 g/mol. The van der Waals surface area contributed by atoms with Gasteiger partial charge in [-0.1, -0.05) is 30.0 Å². The Morgan fingerprint density at radius 3 is 2.67 bits per heavy atom. The number of esters is 1. The molecule has 1 aliphatic heterocycles. The maximum absolute atomic E-state index is 13.1. The summed E-state index contributed by atoms with van der Waals surface area (Å²) in [7, 11) is 0. The summed E-state index contributed by atoms with van der Waals surface area (Å²) < 4.78 is 10.5. The zero-order valence-electron chi connectivity index (χ0n) is 16.6. The van der Waals surface area contributed by atoms with Crippen molar-refractivity contribution in [1.29, 1.82) is 5.26 Å². The first-order chi connectivity index (χ1) is 14.5. The maximum atomic E-state index is 13.1. The van der Waals surface area contributed by atoms with Crippen LogP contribution in [0.5, 0.6) is 0 Å². The van der Waals surface area contributed by atoms with Crippen molar-refractivity contribution in [3.63, 3.8) is 0 Å². The lowest BCUT2D eigenvalue weighted by molar-refractivity contribution is -0.139. The number of amides is 1. The minimum absolute atomic E-state index is 0.0363. The zero-order chi connectivity index (χ0) is 21.5. The van der Waals surface area contributed by atoms with Crippen LogP contribution in [-0.4, -0.2) is 29.3 Å². The van der Waals surface area contributed by atoms with E-state index in [-0.39, 0.29) is 24.2 Å². The number of hydrogen-bond donors (Lipinski definition) is 1. The predicted octanol–water partition coefficient (Wildman–Crippen LogP) is 4.12. The van der Waals surface area contributed by atoms with Crippen molar-refractivity contribution in [2.24, 2.45) is 10.9 Å². The molecule has 1 amide bonds. The number of allylic oxidation sites excluding steroid dienone is 1. The van der Waals surface area contributed by atoms with E-state index in [2.05, 4.69) is 16.4 Å². The second-order valence-electron chi connectivity index (χ2n) is 6.46. The van der Waals surface area contributed by atoms with Crippen molar-refractivity contribution in [1.82, 2.24) is 0 Å². The predicted molar refractivity (Wildman–Crippen MR) is 115 cm³/mol. The Bertz CT molecular complexity index is 1010. The molecule has 154 valence electrons. The van der Waals surface area contributed by atoms with E-state index in [0.29, 0.717) is 27.8 Å². The highest BCUT2D eigenvalue weighted by Crippen LogP contribution is 2.41. The average Bonchev–Trinajstić information content (AvgIpc) is 3.27. The average molecular weight is 423 g/mol. The number of rotatable bonds is 6. The lowest BCUT2D eigenvalue weighted by Crippen LogP contribution is -2.31. The standard InChI is InChI=1S/C22H21N3O4S/c1-3-28-18(26)13-30-22-16(12-23)20(17-10-7-11-29-17)19(14(2)24-22)21(27)25-15-8-5-4-6-9-15/h4-11,16,20H,3,13H2,1-2H3,(H,25,27)/t16?,20-/m0/s1. The number of nitrogens with one attached hydrogen (secondary N) is 1. The van der Waals surface area contributed by atoms with Crippen LogP contribution < -0.4 is 5.32 Å². The van der Waals surface area contributed by atoms with Crippen LogP contribution in [0.2, 0.25) is 0 Å². The highest BCUT2D eigenvalue weighted by Gasteiger charge is 2.40. The molecule has 2 heterocycles. The topological polar surface area (TPSA) is 105 Å². The van der Waals surface area contributed by atoms with Crippen molar-refractivity contribution in [2.45, 2.75) is 19.8 Å². The molecule has 2 atom stereocenters. The summed E-state index contributed by atoms with van der Waals surface area (Å²) in [6.07, 6.45) is 1.50. The second kappa shape index (κ2) is 9.94. The Balaban J connectivity index is 1.96. The molecule has 8 heteroatoms. The summed E-state index contributed by atoms with van der Waals surface area (Å²) in [5, 5.41) is 13.2. The molecule has 0 saturated heterocycles. The molecule has 0 fully saturated rings. The third kappa shape index (κ3) is 4.81. The summed E-state index contributed by atoms with van der Waals surface area (Å²) in [6, 6.07) is 14.7. The van der Waals surface area contributed by atoms with Crippen LogP contribution in [0.15, 0.2) is 69.4 Å². The fourth-order valence-corrected chi connectivity index (χ4v) is 4.14. The molecule has 0 saturated carbocycles. The molecule has 0 radical (unpaired) electrons. The molecule has 1 unspecified atom stereocenters. The van der Waals surface area contributed by atoms with Crippen LogP contribution in [0.3, 0.4) is 0 Å². The molecule has 1 aliphatic rings. The number of nitrogens with zero attached hydrogens (tertiary/aromatic N) is 2. The number of thioether (sulfide) groups is 1. The number of furan rings is 1. The van der Waals surface area contributed by atoms with Gasteiger partial charge in [0, 0.05) is 11.4 Å². The normalized spacial score (nSPS) is 18.4. The minimum atomic E-state index is -0.768. The number of para-hydroxylation sites is 1. The molecule has 1 N–H and O–H groups in total. The molecule has 1 aromatic carbocycles. The summed E-state index contributed by atoms with van der Waals surface area (Å²) in [5.41, 5.74) is 1.48. The van der Waals surface area contributed by atoms with Gasteiger partial charge in [-0.2, -0.15) is 5.26 Å². The molecular weight excluding hydrogens is 402 g/mol. The highest BCUT2D eigenvalue weighted by atomic mass is 32.2. The van der Waals surface area contributed by atoms with Crippen molar-refractivity contribution in [3.05, 3.63) is 65.8 Å². The van der Waals surface area contributed by atoms with Gasteiger partial charge in [0.15, 0.2) is 0 Å². The number of anilines is 1. The third-order valence-electron chi connectivity index (χ3n) is 4.49. The number of carbonyl (C=O) groups excluding carboxylic acids is 2. The molecule has 2 aromatic rings. The van der Waals surface area contributed by atoms with Gasteiger partial charge in [-0.05, 0) is 38.1 Å². The van der Waals surface area contributed by atoms with E-state index in [1.807, 2.05) is 18.2 Å². The Morgan fingerprint density at radius 2 is 2.03 bits per heavy atom. The van der Waals surface area contributed by atoms with Gasteiger partial charge >= 0.3 is 5.97 Å². The first-order valence-electron chi connectivity index (χ1n) is 9.42. The summed E-state index contributed by atoms with van der Waals surface area (Å²) >= 11 is 1.15. The van der Waals surface area contributed by atoms with E-state index in [9.17, 15) is 14.9 Å². The second-order valence-corrected chi connectivity index (χ2v) is 7.46. The van der Waals surface area contributed by atoms with E-state index in [4.69, 9.17) is 9.15 Å². The first-order valence-corrected chi connectivity index (χ1v) is 10.4. The van der Waals surface area contributed by atoms with Crippen LogP contribution in [0.25, 0.3) is 0 Å². The number of hydrogen-bond acceptors (Lipinski definition) is 7. The van der Waals surface area contributed by atoms with E-state index in [0.717, 1.165) is 11.8 Å². The largest absolute Gasteiger partial charge is 0.469 e. The Labute approximate surface area is 178 Å². The molecule has 3 rings (SSSR count). The minimum Gasteiger partial charge on any atom is -0.469 e. The number of carbonyl (C=O) groups is 2. The van der Waals surface area contributed by atoms with E-state index in [1.165, 1.54) is 6.26 Å². The van der Waals surface area contributed by atoms with Crippen LogP contribution in [0.1, 0.15) is 25.5 Å². The summed E-state index contributed by atoms with van der Waals surface area (Å²) in [5.74, 6) is -1.62. The molecule has 1 aromatic heterocycles. The molecular formula is C22H21N3O4S. The fraction of sp³-hybridized carbons (Fsp3) is 0.273. The van der Waals surface area contributed by atoms with Crippen LogP contribution in [0.4, 0.5) is 5.69 Å². The maximum Gasteiger partial charge on any atom is 0.316 e. The van der Waals surface area contributed by atoms with Crippen LogP contribution >= 0.6 is 11.8 Å². The molecule has 30 heavy (non-hydrogen) atoms. The Kier molecular flexibility index (Phi) is 7.09. The van der Waals surface area contributed by atoms with E-state index < -0.39 is 11.8 Å². The first kappa shape index (κ1) is 21.4. The van der Waals surface area contributed by atoms with Gasteiger partial charge in [-0.25, -0.2) is 4.99 Å². The van der Waals surface area contributed by atoms with E-state index in [1.54, 1.807) is 38.1 Å². The van der Waals surface area contributed by atoms with Crippen molar-refractivity contribution < 1.29 is 18.7 Å². The van der Waals surface area contributed by atoms with Gasteiger partial charge in [0.25, 0.3) is 5.91 Å². The van der Waals surface area contributed by atoms with Crippen LogP contribution in [-0.2, 0) is 14.3 Å². The van der Waals surface area contributed by atoms with Crippen LogP contribution in [0, 0.1) is 17.2 Å². The lowest BCUT2D eigenvalue weighted by atomic mass is 9.81. The van der Waals surface area contributed by atoms with Crippen molar-refractivity contribution in [3.8, 4) is 6.07 Å². The lowest BCUT2D eigenvalue weighted by Gasteiger charge is -2.28. The Hall–Kier alpha value is -3.31. The highest BCUT2D eigenvalue weighted by molar-refractivity contribution is 8.14. The van der Waals surface area contributed by atoms with Gasteiger partial charge in [0.1, 0.15) is 11.7 Å². The van der Waals surface area contributed by atoms with Crippen molar-refractivity contribution >= 4 is 34.4 Å². The number of benzene rings is 1. The molecule has 0 aliphatic carbocycles. The SMILES string of the molecule is CCOC(=O)CSC1=NC(C)=C(C(=O)Nc2ccccc2)[C@H](c2ccco2)C1C#N. The number of nitriles is 1. The summed E-state index contributed by atoms with van der Waals surface area (Å²) in [6.45, 7) is 3.73. The van der Waals surface area contributed by atoms with Crippen molar-refractivity contribution in [2.75, 3.05) is 17.7 Å². The third-order valence-corrected chi connectivity index (χ3v) is 5.51. The van der Waals surface area contributed by atoms with Gasteiger partial charge in [-0.3, -0.25) is 9.59 Å². The quantitative estimate of drug-likeness (QED) is 0.701. The zero-order valence-corrected chi connectivity index (χ0v) is 17.4. The van der Waals surface area contributed by atoms with Gasteiger partial charge in [0.2, 0.25) is 0 Å². The smallest absolute Gasteiger partial charge is 0.316 e. The number of ether oxygens (including phenoxy) is 1. The molecule has 7 nitrogen and oxygen atoms in total.